The van der Waals surface area contributed by atoms with Gasteiger partial charge >= 0.3 is 0 Å². The minimum atomic E-state index is -0.0537. The van der Waals surface area contributed by atoms with E-state index >= 15 is 0 Å². The van der Waals surface area contributed by atoms with Gasteiger partial charge in [0.05, 0.1) is 13.2 Å². The van der Waals surface area contributed by atoms with Gasteiger partial charge in [-0.15, -0.1) is 0 Å². The average molecular weight is 237 g/mol. The van der Waals surface area contributed by atoms with Crippen molar-refractivity contribution in [2.75, 3.05) is 20.8 Å². The maximum absolute atomic E-state index is 5.69. The van der Waals surface area contributed by atoms with E-state index < -0.39 is 0 Å². The fraction of sp³-hybridized carbons (Fsp3) is 0.571. The largest absolute Gasteiger partial charge is 0.496 e. The van der Waals surface area contributed by atoms with E-state index in [2.05, 4.69) is 26.8 Å². The van der Waals surface area contributed by atoms with E-state index in [-0.39, 0.29) is 11.5 Å². The van der Waals surface area contributed by atoms with E-state index in [0.717, 1.165) is 11.3 Å². The summed E-state index contributed by atoms with van der Waals surface area (Å²) in [6, 6.07) is 6.12. The lowest BCUT2D eigenvalue weighted by Gasteiger charge is -2.24. The normalized spacial score (nSPS) is 13.5. The molecule has 0 aliphatic carbocycles. The molecule has 0 spiro atoms. The lowest BCUT2D eigenvalue weighted by atomic mass is 9.85. The van der Waals surface area contributed by atoms with Crippen molar-refractivity contribution in [2.45, 2.75) is 32.3 Å². The number of methoxy groups -OCH3 is 2. The Balaban J connectivity index is 3.22. The van der Waals surface area contributed by atoms with Crippen molar-refractivity contribution in [1.29, 1.82) is 0 Å². The standard InChI is InChI=1S/C14H23NO2/c1-14(2,3)11-8-10(13(9-15)17-5)6-7-12(11)16-4/h6-8,13H,9,15H2,1-5H3. The third kappa shape index (κ3) is 3.20. The number of benzene rings is 1. The predicted octanol–water partition coefficient (Wildman–Crippen LogP) is 2.64. The first-order valence-electron chi connectivity index (χ1n) is 5.85. The Labute approximate surface area is 104 Å². The van der Waals surface area contributed by atoms with Gasteiger partial charge in [-0.3, -0.25) is 0 Å². The summed E-state index contributed by atoms with van der Waals surface area (Å²) in [6.45, 7) is 6.98. The van der Waals surface area contributed by atoms with Gasteiger partial charge in [-0.05, 0) is 28.7 Å². The SMILES string of the molecule is COc1ccc(C(CN)OC)cc1C(C)(C)C. The van der Waals surface area contributed by atoms with Gasteiger partial charge < -0.3 is 15.2 Å². The number of nitrogens with two attached hydrogens (primary N) is 1. The molecular formula is C14H23NO2. The first-order chi connectivity index (χ1) is 7.93. The molecule has 0 heterocycles. The van der Waals surface area contributed by atoms with Crippen LogP contribution in [-0.4, -0.2) is 20.8 Å². The van der Waals surface area contributed by atoms with Crippen molar-refractivity contribution in [1.82, 2.24) is 0 Å². The van der Waals surface area contributed by atoms with Gasteiger partial charge in [0.1, 0.15) is 5.75 Å². The van der Waals surface area contributed by atoms with Gasteiger partial charge in [0.25, 0.3) is 0 Å². The first-order valence-corrected chi connectivity index (χ1v) is 5.85. The molecule has 96 valence electrons. The van der Waals surface area contributed by atoms with Gasteiger partial charge in [0, 0.05) is 13.7 Å². The minimum Gasteiger partial charge on any atom is -0.496 e. The first kappa shape index (κ1) is 14.0. The zero-order chi connectivity index (χ0) is 13.1. The predicted molar refractivity (Wildman–Crippen MR) is 70.5 cm³/mol. The molecule has 0 saturated heterocycles. The lowest BCUT2D eigenvalue weighted by Crippen LogP contribution is -2.17. The molecule has 17 heavy (non-hydrogen) atoms. The van der Waals surface area contributed by atoms with Gasteiger partial charge in [0.15, 0.2) is 0 Å². The van der Waals surface area contributed by atoms with Crippen molar-refractivity contribution in [3.05, 3.63) is 29.3 Å². The summed E-state index contributed by atoms with van der Waals surface area (Å²) in [5.74, 6) is 0.910. The molecule has 0 amide bonds. The van der Waals surface area contributed by atoms with E-state index in [1.807, 2.05) is 12.1 Å². The molecule has 0 saturated carbocycles. The summed E-state index contributed by atoms with van der Waals surface area (Å²) in [7, 11) is 3.37. The summed E-state index contributed by atoms with van der Waals surface area (Å²) in [5.41, 5.74) is 8.00. The summed E-state index contributed by atoms with van der Waals surface area (Å²) < 4.78 is 10.8. The van der Waals surface area contributed by atoms with Crippen LogP contribution < -0.4 is 10.5 Å². The molecule has 1 aromatic rings. The van der Waals surface area contributed by atoms with Crippen molar-refractivity contribution < 1.29 is 9.47 Å². The Morgan fingerprint density at radius 2 is 1.88 bits per heavy atom. The minimum absolute atomic E-state index is 0.0360. The van der Waals surface area contributed by atoms with Crippen LogP contribution >= 0.6 is 0 Å². The maximum Gasteiger partial charge on any atom is 0.122 e. The smallest absolute Gasteiger partial charge is 0.122 e. The average Bonchev–Trinajstić information content (AvgIpc) is 2.29. The van der Waals surface area contributed by atoms with Gasteiger partial charge in [-0.2, -0.15) is 0 Å². The van der Waals surface area contributed by atoms with E-state index in [0.29, 0.717) is 6.54 Å². The fourth-order valence-electron chi connectivity index (χ4n) is 1.88. The Hall–Kier alpha value is -1.06. The highest BCUT2D eigenvalue weighted by Crippen LogP contribution is 2.33. The third-order valence-electron chi connectivity index (χ3n) is 2.90. The van der Waals surface area contributed by atoms with Gasteiger partial charge in [-0.25, -0.2) is 0 Å². The molecule has 3 heteroatoms. The molecule has 1 rings (SSSR count). The summed E-state index contributed by atoms with van der Waals surface area (Å²) in [6.07, 6.45) is -0.0537. The van der Waals surface area contributed by atoms with Crippen LogP contribution in [0.1, 0.15) is 38.0 Å². The van der Waals surface area contributed by atoms with E-state index in [1.165, 1.54) is 5.56 Å². The van der Waals surface area contributed by atoms with E-state index in [9.17, 15) is 0 Å². The molecule has 0 aliphatic rings. The number of ether oxygens (including phenoxy) is 2. The molecule has 0 aliphatic heterocycles. The second-order valence-corrected chi connectivity index (χ2v) is 5.17. The van der Waals surface area contributed by atoms with Gasteiger partial charge in [0.2, 0.25) is 0 Å². The molecule has 1 unspecified atom stereocenters. The van der Waals surface area contributed by atoms with Crippen molar-refractivity contribution in [3.63, 3.8) is 0 Å². The topological polar surface area (TPSA) is 44.5 Å². The Morgan fingerprint density at radius 1 is 1.24 bits per heavy atom. The molecular weight excluding hydrogens is 214 g/mol. The second-order valence-electron chi connectivity index (χ2n) is 5.17. The molecule has 0 radical (unpaired) electrons. The highest BCUT2D eigenvalue weighted by atomic mass is 16.5. The Bertz CT molecular complexity index is 365. The zero-order valence-corrected chi connectivity index (χ0v) is 11.4. The molecule has 0 aromatic heterocycles. The van der Waals surface area contributed by atoms with Crippen LogP contribution in [0.4, 0.5) is 0 Å². The molecule has 0 bridgehead atoms. The molecule has 1 atom stereocenters. The monoisotopic (exact) mass is 237 g/mol. The van der Waals surface area contributed by atoms with Crippen LogP contribution in [0.15, 0.2) is 18.2 Å². The van der Waals surface area contributed by atoms with Crippen LogP contribution in [0.5, 0.6) is 5.75 Å². The Morgan fingerprint density at radius 3 is 2.29 bits per heavy atom. The van der Waals surface area contributed by atoms with Crippen LogP contribution in [0.2, 0.25) is 0 Å². The summed E-state index contributed by atoms with van der Waals surface area (Å²) >= 11 is 0. The van der Waals surface area contributed by atoms with Crippen molar-refractivity contribution >= 4 is 0 Å². The quantitative estimate of drug-likeness (QED) is 0.875. The van der Waals surface area contributed by atoms with Crippen LogP contribution in [-0.2, 0) is 10.2 Å². The van der Waals surface area contributed by atoms with Gasteiger partial charge in [-0.1, -0.05) is 26.8 Å². The van der Waals surface area contributed by atoms with E-state index in [4.69, 9.17) is 15.2 Å². The molecule has 1 aromatic carbocycles. The van der Waals surface area contributed by atoms with Crippen molar-refractivity contribution in [3.8, 4) is 5.75 Å². The van der Waals surface area contributed by atoms with E-state index in [1.54, 1.807) is 14.2 Å². The maximum atomic E-state index is 5.69. The van der Waals surface area contributed by atoms with Crippen molar-refractivity contribution in [2.24, 2.45) is 5.73 Å². The highest BCUT2D eigenvalue weighted by Gasteiger charge is 2.21. The zero-order valence-electron chi connectivity index (χ0n) is 11.4. The van der Waals surface area contributed by atoms with Crippen LogP contribution in [0.3, 0.4) is 0 Å². The third-order valence-corrected chi connectivity index (χ3v) is 2.90. The lowest BCUT2D eigenvalue weighted by molar-refractivity contribution is 0.110. The van der Waals surface area contributed by atoms with Crippen LogP contribution in [0.25, 0.3) is 0 Å². The Kier molecular flexibility index (Phi) is 4.54. The molecule has 0 fully saturated rings. The number of rotatable bonds is 4. The summed E-state index contributed by atoms with van der Waals surface area (Å²) in [4.78, 5) is 0. The molecule has 2 N–H and O–H groups in total. The number of hydrogen-bond donors (Lipinski definition) is 1. The molecule has 3 nitrogen and oxygen atoms in total. The van der Waals surface area contributed by atoms with Crippen LogP contribution in [0, 0.1) is 0 Å². The number of hydrogen-bond acceptors (Lipinski definition) is 3. The fourth-order valence-corrected chi connectivity index (χ4v) is 1.88. The highest BCUT2D eigenvalue weighted by molar-refractivity contribution is 5.42. The second kappa shape index (κ2) is 5.52. The summed E-state index contributed by atoms with van der Waals surface area (Å²) in [5, 5.41) is 0.